The first-order valence-electron chi connectivity index (χ1n) is 19.7. The van der Waals surface area contributed by atoms with E-state index in [1.807, 2.05) is 6.07 Å². The molecule has 1 fully saturated rings. The number of carbonyl (C=O) groups is 2. The highest BCUT2D eigenvalue weighted by Crippen LogP contribution is 2.58. The number of carbonyl (C=O) groups excluding carboxylic acids is 2. The SMILES string of the molecule is CCCC1CCCC(=O)c2cc3c(cc21)c1cc2c(c4c5cc6c(cc5n3c14)C(=O)C1CCC6CC1)C(C)(C)c1cc3c(cc1-2)oc1ccccc13. The monoisotopic (exact) mass is 679 g/mol. The minimum atomic E-state index is -0.274. The summed E-state index contributed by atoms with van der Waals surface area (Å²) in [4.78, 5) is 28.0. The Morgan fingerprint density at radius 1 is 0.712 bits per heavy atom. The van der Waals surface area contributed by atoms with E-state index < -0.39 is 0 Å². The van der Waals surface area contributed by atoms with Crippen molar-refractivity contribution < 1.29 is 14.0 Å². The maximum absolute atomic E-state index is 14.1. The summed E-state index contributed by atoms with van der Waals surface area (Å²) in [5, 5.41) is 7.34. The van der Waals surface area contributed by atoms with Gasteiger partial charge >= 0.3 is 0 Å². The molecule has 1 atom stereocenters. The highest BCUT2D eigenvalue weighted by atomic mass is 16.3. The fourth-order valence-electron chi connectivity index (χ4n) is 11.7. The highest BCUT2D eigenvalue weighted by molar-refractivity contribution is 6.28. The largest absolute Gasteiger partial charge is 0.456 e. The van der Waals surface area contributed by atoms with E-state index in [0.29, 0.717) is 24.0 Å². The van der Waals surface area contributed by atoms with Crippen LogP contribution in [0, 0.1) is 5.92 Å². The molecule has 0 aliphatic heterocycles. The summed E-state index contributed by atoms with van der Waals surface area (Å²) in [5.41, 5.74) is 14.6. The van der Waals surface area contributed by atoms with Gasteiger partial charge in [-0.3, -0.25) is 9.59 Å². The van der Waals surface area contributed by atoms with Gasteiger partial charge in [0.15, 0.2) is 11.6 Å². The Labute approximate surface area is 302 Å². The number of ketones is 2. The van der Waals surface area contributed by atoms with E-state index >= 15 is 0 Å². The van der Waals surface area contributed by atoms with Gasteiger partial charge in [-0.2, -0.15) is 0 Å². The minimum absolute atomic E-state index is 0.136. The van der Waals surface area contributed by atoms with Crippen LogP contribution in [-0.4, -0.2) is 16.0 Å². The second-order valence-electron chi connectivity index (χ2n) is 17.1. The fourth-order valence-corrected chi connectivity index (χ4v) is 11.7. The molecular weight excluding hydrogens is 639 g/mol. The molecule has 0 N–H and O–H groups in total. The number of furan rings is 1. The van der Waals surface area contributed by atoms with Crippen LogP contribution in [0.2, 0.25) is 0 Å². The average molecular weight is 680 g/mol. The molecule has 13 rings (SSSR count). The molecule has 3 heterocycles. The summed E-state index contributed by atoms with van der Waals surface area (Å²) in [5.74, 6) is 1.56. The Balaban J connectivity index is 1.26. The highest BCUT2D eigenvalue weighted by Gasteiger charge is 2.42. The molecule has 4 heteroatoms. The molecule has 2 bridgehead atoms. The third-order valence-electron chi connectivity index (χ3n) is 14.1. The Kier molecular flexibility index (Phi) is 5.65. The summed E-state index contributed by atoms with van der Waals surface area (Å²) in [7, 11) is 0. The van der Waals surface area contributed by atoms with Crippen molar-refractivity contribution in [1.29, 1.82) is 0 Å². The van der Waals surface area contributed by atoms with Gasteiger partial charge in [-0.05, 0) is 139 Å². The second kappa shape index (κ2) is 9.92. The van der Waals surface area contributed by atoms with E-state index in [2.05, 4.69) is 85.8 Å². The third kappa shape index (κ3) is 3.54. The Morgan fingerprint density at radius 2 is 1.48 bits per heavy atom. The predicted octanol–water partition coefficient (Wildman–Crippen LogP) is 12.8. The minimum Gasteiger partial charge on any atom is -0.456 e. The zero-order valence-electron chi connectivity index (χ0n) is 30.1. The number of fused-ring (bicyclic) bond motifs is 16. The zero-order chi connectivity index (χ0) is 34.8. The van der Waals surface area contributed by atoms with Gasteiger partial charge in [-0.15, -0.1) is 0 Å². The van der Waals surface area contributed by atoms with Crippen LogP contribution in [0.3, 0.4) is 0 Å². The summed E-state index contributed by atoms with van der Waals surface area (Å²) < 4.78 is 8.94. The van der Waals surface area contributed by atoms with Crippen LogP contribution in [-0.2, 0) is 5.41 Å². The molecule has 3 aromatic heterocycles. The summed E-state index contributed by atoms with van der Waals surface area (Å²) in [6.07, 6.45) is 9.00. The van der Waals surface area contributed by atoms with E-state index in [-0.39, 0.29) is 17.1 Å². The normalized spacial score (nSPS) is 22.2. The lowest BCUT2D eigenvalue weighted by Crippen LogP contribution is -2.15. The van der Waals surface area contributed by atoms with E-state index in [1.165, 1.54) is 65.8 Å². The molecule has 4 nitrogen and oxygen atoms in total. The van der Waals surface area contributed by atoms with Crippen molar-refractivity contribution in [2.45, 2.75) is 95.8 Å². The fraction of sp³-hybridized carbons (Fsp3) is 0.333. The first-order valence-corrected chi connectivity index (χ1v) is 19.7. The van der Waals surface area contributed by atoms with Gasteiger partial charge in [0.1, 0.15) is 11.2 Å². The molecule has 0 saturated heterocycles. The van der Waals surface area contributed by atoms with Crippen molar-refractivity contribution in [2.75, 3.05) is 0 Å². The average Bonchev–Trinajstić information content (AvgIpc) is 3.77. The van der Waals surface area contributed by atoms with Crippen LogP contribution in [0.1, 0.15) is 133 Å². The molecule has 0 radical (unpaired) electrons. The number of benzene rings is 5. The van der Waals surface area contributed by atoms with Crippen molar-refractivity contribution in [3.8, 4) is 11.1 Å². The van der Waals surface area contributed by atoms with Crippen LogP contribution in [0.4, 0.5) is 0 Å². The summed E-state index contributed by atoms with van der Waals surface area (Å²) in [6, 6.07) is 24.8. The topological polar surface area (TPSA) is 51.7 Å². The molecule has 5 aliphatic rings. The van der Waals surface area contributed by atoms with Gasteiger partial charge in [0, 0.05) is 61.2 Å². The van der Waals surface area contributed by atoms with Crippen LogP contribution >= 0.6 is 0 Å². The summed E-state index contributed by atoms with van der Waals surface area (Å²) in [6.45, 7) is 7.05. The maximum Gasteiger partial charge on any atom is 0.166 e. The molecular formula is C48H41NO3. The third-order valence-corrected chi connectivity index (χ3v) is 14.1. The smallest absolute Gasteiger partial charge is 0.166 e. The van der Waals surface area contributed by atoms with Crippen molar-refractivity contribution in [3.63, 3.8) is 0 Å². The first-order chi connectivity index (χ1) is 25.3. The lowest BCUT2D eigenvalue weighted by atomic mass is 9.79. The zero-order valence-corrected chi connectivity index (χ0v) is 30.1. The maximum atomic E-state index is 14.1. The van der Waals surface area contributed by atoms with Gasteiger partial charge in [0.25, 0.3) is 0 Å². The molecule has 5 aromatic carbocycles. The Hall–Kier alpha value is -4.96. The lowest BCUT2D eigenvalue weighted by molar-refractivity contribution is 0.0897. The van der Waals surface area contributed by atoms with Crippen LogP contribution in [0.25, 0.3) is 71.2 Å². The Bertz CT molecular complexity index is 2920. The van der Waals surface area contributed by atoms with E-state index in [1.54, 1.807) is 0 Å². The summed E-state index contributed by atoms with van der Waals surface area (Å²) >= 11 is 0. The van der Waals surface area contributed by atoms with Gasteiger partial charge in [0.2, 0.25) is 0 Å². The number of nitrogens with zero attached hydrogens (tertiary/aromatic N) is 1. The number of rotatable bonds is 2. The van der Waals surface area contributed by atoms with Gasteiger partial charge < -0.3 is 8.82 Å². The standard InChI is InChI=1S/C48H41NO3/c1-4-8-24-9-7-11-41(50)32-21-39-31(17-28(24)32)35-19-34-30-23-43-33(27-10-5-6-12-42(27)52-43)20-38(30)48(2,3)45(34)44-37-18-29-25-13-15-26(16-14-25)47(51)36(29)22-40(37)49(39)46(35)44/h5-6,10,12,17-26H,4,7-9,11,13-16H2,1-3H3. The molecule has 5 aliphatic carbocycles. The molecule has 52 heavy (non-hydrogen) atoms. The van der Waals surface area contributed by atoms with Gasteiger partial charge in [0.05, 0.1) is 16.6 Å². The van der Waals surface area contributed by atoms with Crippen molar-refractivity contribution >= 4 is 71.6 Å². The predicted molar refractivity (Wildman–Crippen MR) is 211 cm³/mol. The Morgan fingerprint density at radius 3 is 2.33 bits per heavy atom. The van der Waals surface area contributed by atoms with Crippen LogP contribution in [0.5, 0.6) is 0 Å². The quantitative estimate of drug-likeness (QED) is 0.171. The van der Waals surface area contributed by atoms with E-state index in [0.717, 1.165) is 90.1 Å². The molecule has 0 spiro atoms. The molecule has 0 amide bonds. The second-order valence-corrected chi connectivity index (χ2v) is 17.1. The van der Waals surface area contributed by atoms with Gasteiger partial charge in [-0.25, -0.2) is 0 Å². The first kappa shape index (κ1) is 29.6. The van der Waals surface area contributed by atoms with Crippen molar-refractivity contribution in [3.05, 3.63) is 100 Å². The number of Topliss-reactive ketones (excluding diaryl/α,β-unsaturated/α-hetero) is 2. The van der Waals surface area contributed by atoms with Crippen LogP contribution < -0.4 is 0 Å². The van der Waals surface area contributed by atoms with Crippen molar-refractivity contribution in [1.82, 2.24) is 4.40 Å². The molecule has 1 unspecified atom stereocenters. The lowest BCUT2D eigenvalue weighted by Gasteiger charge is -2.23. The molecule has 8 aromatic rings. The molecule has 1 saturated carbocycles. The van der Waals surface area contributed by atoms with E-state index in [9.17, 15) is 9.59 Å². The van der Waals surface area contributed by atoms with Gasteiger partial charge in [-0.1, -0.05) is 45.4 Å². The van der Waals surface area contributed by atoms with Crippen molar-refractivity contribution in [2.24, 2.45) is 5.92 Å². The number of hydrogen-bond acceptors (Lipinski definition) is 3. The van der Waals surface area contributed by atoms with E-state index in [4.69, 9.17) is 4.42 Å². The molecule has 256 valence electrons. The number of para-hydroxylation sites is 1. The van der Waals surface area contributed by atoms with Crippen LogP contribution in [0.15, 0.2) is 71.1 Å². The number of hydrogen-bond donors (Lipinski definition) is 0. The number of aromatic nitrogens is 1.